The van der Waals surface area contributed by atoms with Gasteiger partial charge in [-0.15, -0.1) is 0 Å². The van der Waals surface area contributed by atoms with Crippen molar-refractivity contribution in [3.05, 3.63) is 0 Å². The number of rotatable bonds is 2. The molecule has 0 radical (unpaired) electrons. The van der Waals surface area contributed by atoms with E-state index >= 15 is 0 Å². The van der Waals surface area contributed by atoms with E-state index in [1.165, 1.54) is 0 Å². The minimum Gasteiger partial charge on any atom is -0.356 e. The molecule has 0 aromatic rings. The molecule has 3 nitrogen and oxygen atoms in total. The van der Waals surface area contributed by atoms with Gasteiger partial charge in [0, 0.05) is 24.5 Å². The maximum atomic E-state index is 4.46. The predicted octanol–water partition coefficient (Wildman–Crippen LogP) is 1.36. The summed E-state index contributed by atoms with van der Waals surface area (Å²) >= 11 is 0. The highest BCUT2D eigenvalue weighted by Gasteiger charge is 2.22. The SMILES string of the molecule is CCC(C)NC1=NCC(C)(C)CN1. The molecule has 1 unspecified atom stereocenters. The molecule has 76 valence electrons. The van der Waals surface area contributed by atoms with Gasteiger partial charge < -0.3 is 10.6 Å². The average molecular weight is 183 g/mol. The highest BCUT2D eigenvalue weighted by atomic mass is 15.2. The van der Waals surface area contributed by atoms with Gasteiger partial charge in [0.15, 0.2) is 5.96 Å². The third-order valence-corrected chi connectivity index (χ3v) is 2.40. The molecule has 0 saturated carbocycles. The minimum atomic E-state index is 0.306. The second-order valence-corrected chi connectivity index (χ2v) is 4.64. The summed E-state index contributed by atoms with van der Waals surface area (Å²) in [5.41, 5.74) is 0.306. The lowest BCUT2D eigenvalue weighted by Crippen LogP contribution is -2.49. The Morgan fingerprint density at radius 3 is 2.77 bits per heavy atom. The molecule has 0 aromatic carbocycles. The van der Waals surface area contributed by atoms with Crippen LogP contribution >= 0.6 is 0 Å². The fourth-order valence-electron chi connectivity index (χ4n) is 1.16. The predicted molar refractivity (Wildman–Crippen MR) is 57.0 cm³/mol. The van der Waals surface area contributed by atoms with Gasteiger partial charge in [-0.25, -0.2) is 0 Å². The van der Waals surface area contributed by atoms with Gasteiger partial charge in [-0.1, -0.05) is 20.8 Å². The third-order valence-electron chi connectivity index (χ3n) is 2.40. The van der Waals surface area contributed by atoms with Gasteiger partial charge in [-0.2, -0.15) is 0 Å². The van der Waals surface area contributed by atoms with Gasteiger partial charge in [0.05, 0.1) is 0 Å². The van der Waals surface area contributed by atoms with Crippen LogP contribution in [0.1, 0.15) is 34.1 Å². The van der Waals surface area contributed by atoms with Crippen LogP contribution in [0.2, 0.25) is 0 Å². The zero-order valence-electron chi connectivity index (χ0n) is 9.15. The largest absolute Gasteiger partial charge is 0.356 e. The third kappa shape index (κ3) is 3.25. The fraction of sp³-hybridized carbons (Fsp3) is 0.900. The normalized spacial score (nSPS) is 22.9. The molecule has 1 aliphatic heterocycles. The Bertz CT molecular complexity index is 196. The Morgan fingerprint density at radius 2 is 2.31 bits per heavy atom. The summed E-state index contributed by atoms with van der Waals surface area (Å²) in [4.78, 5) is 4.46. The van der Waals surface area contributed by atoms with Crippen molar-refractivity contribution >= 4 is 5.96 Å². The van der Waals surface area contributed by atoms with E-state index in [9.17, 15) is 0 Å². The number of aliphatic imine (C=N–C) groups is 1. The van der Waals surface area contributed by atoms with Crippen LogP contribution in [-0.4, -0.2) is 25.1 Å². The molecule has 13 heavy (non-hydrogen) atoms. The van der Waals surface area contributed by atoms with Crippen LogP contribution in [0.4, 0.5) is 0 Å². The van der Waals surface area contributed by atoms with Gasteiger partial charge in [-0.3, -0.25) is 4.99 Å². The number of guanidine groups is 1. The zero-order chi connectivity index (χ0) is 9.90. The molecule has 0 fully saturated rings. The van der Waals surface area contributed by atoms with Crippen LogP contribution in [0.3, 0.4) is 0 Å². The van der Waals surface area contributed by atoms with Crippen molar-refractivity contribution in [3.8, 4) is 0 Å². The first-order chi connectivity index (χ1) is 6.03. The highest BCUT2D eigenvalue weighted by molar-refractivity contribution is 5.80. The average Bonchev–Trinajstić information content (AvgIpc) is 2.08. The Kier molecular flexibility index (Phi) is 3.17. The molecule has 0 saturated heterocycles. The van der Waals surface area contributed by atoms with E-state index < -0.39 is 0 Å². The quantitative estimate of drug-likeness (QED) is 0.678. The molecular weight excluding hydrogens is 162 g/mol. The second-order valence-electron chi connectivity index (χ2n) is 4.64. The van der Waals surface area contributed by atoms with E-state index in [4.69, 9.17) is 0 Å². The molecule has 3 heteroatoms. The maximum absolute atomic E-state index is 4.46. The van der Waals surface area contributed by atoms with Gasteiger partial charge in [0.1, 0.15) is 0 Å². The van der Waals surface area contributed by atoms with Gasteiger partial charge in [-0.05, 0) is 13.3 Å². The number of nitrogens with one attached hydrogen (secondary N) is 2. The van der Waals surface area contributed by atoms with Crippen molar-refractivity contribution < 1.29 is 0 Å². The minimum absolute atomic E-state index is 0.306. The van der Waals surface area contributed by atoms with Gasteiger partial charge in [0.2, 0.25) is 0 Å². The first-order valence-corrected chi connectivity index (χ1v) is 5.08. The Hall–Kier alpha value is -0.730. The van der Waals surface area contributed by atoms with Crippen LogP contribution in [0.15, 0.2) is 4.99 Å². The number of nitrogens with zero attached hydrogens (tertiary/aromatic N) is 1. The summed E-state index contributed by atoms with van der Waals surface area (Å²) in [6, 6.07) is 0.507. The first kappa shape index (κ1) is 10.4. The summed E-state index contributed by atoms with van der Waals surface area (Å²) in [6.07, 6.45) is 1.13. The number of hydrogen-bond acceptors (Lipinski definition) is 3. The molecule has 1 atom stereocenters. The van der Waals surface area contributed by atoms with E-state index in [0.717, 1.165) is 25.5 Å². The van der Waals surface area contributed by atoms with Gasteiger partial charge in [0.25, 0.3) is 0 Å². The lowest BCUT2D eigenvalue weighted by atomic mass is 9.93. The summed E-state index contributed by atoms with van der Waals surface area (Å²) in [7, 11) is 0. The second kappa shape index (κ2) is 3.99. The Labute approximate surface area is 81.0 Å². The highest BCUT2D eigenvalue weighted by Crippen LogP contribution is 2.16. The monoisotopic (exact) mass is 183 g/mol. The lowest BCUT2D eigenvalue weighted by molar-refractivity contribution is 0.356. The number of hydrogen-bond donors (Lipinski definition) is 2. The van der Waals surface area contributed by atoms with Crippen molar-refractivity contribution in [2.45, 2.75) is 40.2 Å². The molecule has 0 spiro atoms. The topological polar surface area (TPSA) is 36.4 Å². The zero-order valence-corrected chi connectivity index (χ0v) is 9.15. The van der Waals surface area contributed by atoms with E-state index in [0.29, 0.717) is 11.5 Å². The molecule has 0 amide bonds. The molecule has 1 aliphatic rings. The van der Waals surface area contributed by atoms with Crippen molar-refractivity contribution in [2.75, 3.05) is 13.1 Å². The van der Waals surface area contributed by atoms with Gasteiger partial charge >= 0.3 is 0 Å². The molecule has 0 aliphatic carbocycles. The van der Waals surface area contributed by atoms with Crippen LogP contribution < -0.4 is 10.6 Å². The summed E-state index contributed by atoms with van der Waals surface area (Å²) < 4.78 is 0. The van der Waals surface area contributed by atoms with Crippen LogP contribution in [0, 0.1) is 5.41 Å². The lowest BCUT2D eigenvalue weighted by Gasteiger charge is -2.30. The first-order valence-electron chi connectivity index (χ1n) is 5.08. The van der Waals surface area contributed by atoms with Crippen molar-refractivity contribution in [2.24, 2.45) is 10.4 Å². The summed E-state index contributed by atoms with van der Waals surface area (Å²) in [5, 5.41) is 6.66. The fourth-order valence-corrected chi connectivity index (χ4v) is 1.16. The Balaban J connectivity index is 2.42. The maximum Gasteiger partial charge on any atom is 0.191 e. The van der Waals surface area contributed by atoms with Crippen molar-refractivity contribution in [1.29, 1.82) is 0 Å². The molecule has 2 N–H and O–H groups in total. The molecule has 1 heterocycles. The molecule has 0 bridgehead atoms. The van der Waals surface area contributed by atoms with E-state index in [2.05, 4.69) is 43.3 Å². The van der Waals surface area contributed by atoms with Crippen LogP contribution in [0.25, 0.3) is 0 Å². The molecule has 0 aromatic heterocycles. The summed E-state index contributed by atoms with van der Waals surface area (Å²) in [5.74, 6) is 0.966. The van der Waals surface area contributed by atoms with Crippen LogP contribution in [-0.2, 0) is 0 Å². The van der Waals surface area contributed by atoms with E-state index in [1.54, 1.807) is 0 Å². The molecular formula is C10H21N3. The molecule has 1 rings (SSSR count). The van der Waals surface area contributed by atoms with Crippen molar-refractivity contribution in [1.82, 2.24) is 10.6 Å². The summed E-state index contributed by atoms with van der Waals surface area (Å²) in [6.45, 7) is 10.7. The van der Waals surface area contributed by atoms with Crippen LogP contribution in [0.5, 0.6) is 0 Å². The van der Waals surface area contributed by atoms with E-state index in [-0.39, 0.29) is 0 Å². The van der Waals surface area contributed by atoms with E-state index in [1.807, 2.05) is 0 Å². The standard InChI is InChI=1S/C10H21N3/c1-5-8(2)13-9-11-6-10(3,4)7-12-9/h8H,5-7H2,1-4H3,(H2,11,12,13). The van der Waals surface area contributed by atoms with Crippen molar-refractivity contribution in [3.63, 3.8) is 0 Å². The smallest absolute Gasteiger partial charge is 0.191 e. The Morgan fingerprint density at radius 1 is 1.62 bits per heavy atom.